The average molecular weight is 226 g/mol. The summed E-state index contributed by atoms with van der Waals surface area (Å²) in [5, 5.41) is 0. The molecule has 16 heavy (non-hydrogen) atoms. The second-order valence-electron chi connectivity index (χ2n) is 5.52. The lowest BCUT2D eigenvalue weighted by atomic mass is 9.83. The molecule has 0 spiro atoms. The van der Waals surface area contributed by atoms with Gasteiger partial charge in [-0.15, -0.1) is 0 Å². The maximum Gasteiger partial charge on any atom is 0.0334 e. The summed E-state index contributed by atoms with van der Waals surface area (Å²) in [6, 6.07) is 0.831. The summed E-state index contributed by atoms with van der Waals surface area (Å²) in [5.74, 6) is 0.788. The van der Waals surface area contributed by atoms with E-state index in [-0.39, 0.29) is 5.54 Å². The average Bonchev–Trinajstić information content (AvgIpc) is 3.12. The molecule has 2 N–H and O–H groups in total. The first-order valence-electron chi connectivity index (χ1n) is 7.10. The molecule has 0 aromatic rings. The second-order valence-corrected chi connectivity index (χ2v) is 5.52. The fourth-order valence-corrected chi connectivity index (χ4v) is 2.97. The Balaban J connectivity index is 2.75. The summed E-state index contributed by atoms with van der Waals surface area (Å²) in [6.07, 6.45) is 6.50. The lowest BCUT2D eigenvalue weighted by molar-refractivity contribution is 0.0630. The summed E-state index contributed by atoms with van der Waals surface area (Å²) in [6.45, 7) is 11.2. The Hall–Kier alpha value is -0.0800. The Labute approximate surface area is 102 Å². The van der Waals surface area contributed by atoms with Crippen LogP contribution < -0.4 is 5.73 Å². The lowest BCUT2D eigenvalue weighted by Gasteiger charge is -2.44. The molecule has 1 rings (SSSR count). The van der Waals surface area contributed by atoms with Crippen molar-refractivity contribution >= 4 is 0 Å². The summed E-state index contributed by atoms with van der Waals surface area (Å²) < 4.78 is 0. The van der Waals surface area contributed by atoms with E-state index >= 15 is 0 Å². The minimum absolute atomic E-state index is 0.269. The zero-order chi connectivity index (χ0) is 12.2. The van der Waals surface area contributed by atoms with Gasteiger partial charge in [0, 0.05) is 18.1 Å². The molecule has 2 atom stereocenters. The van der Waals surface area contributed by atoms with Gasteiger partial charge in [-0.3, -0.25) is 4.90 Å². The van der Waals surface area contributed by atoms with Crippen LogP contribution >= 0.6 is 0 Å². The first-order chi connectivity index (χ1) is 7.63. The predicted octanol–water partition coefficient (Wildman–Crippen LogP) is 3.01. The van der Waals surface area contributed by atoms with Gasteiger partial charge in [-0.2, -0.15) is 0 Å². The van der Waals surface area contributed by atoms with Crippen LogP contribution in [-0.4, -0.2) is 29.6 Å². The third-order valence-corrected chi connectivity index (χ3v) is 4.40. The number of likely N-dealkylation sites (N-methyl/N-ethyl adjacent to an activating group) is 1. The van der Waals surface area contributed by atoms with Crippen LogP contribution in [0.15, 0.2) is 0 Å². The van der Waals surface area contributed by atoms with E-state index < -0.39 is 0 Å². The van der Waals surface area contributed by atoms with Gasteiger partial charge in [-0.1, -0.05) is 34.1 Å². The molecule has 0 saturated heterocycles. The molecule has 2 nitrogen and oxygen atoms in total. The van der Waals surface area contributed by atoms with Crippen molar-refractivity contribution in [2.45, 2.75) is 71.4 Å². The van der Waals surface area contributed by atoms with Crippen molar-refractivity contribution < 1.29 is 0 Å². The number of hydrogen-bond acceptors (Lipinski definition) is 2. The van der Waals surface area contributed by atoms with E-state index in [2.05, 4.69) is 32.6 Å². The molecule has 0 aromatic carbocycles. The van der Waals surface area contributed by atoms with Crippen molar-refractivity contribution in [3.05, 3.63) is 0 Å². The van der Waals surface area contributed by atoms with Gasteiger partial charge in [-0.05, 0) is 38.1 Å². The van der Waals surface area contributed by atoms with Gasteiger partial charge in [0.15, 0.2) is 0 Å². The van der Waals surface area contributed by atoms with Gasteiger partial charge in [0.2, 0.25) is 0 Å². The molecule has 1 aliphatic carbocycles. The van der Waals surface area contributed by atoms with E-state index in [9.17, 15) is 0 Å². The Morgan fingerprint density at radius 1 is 1.31 bits per heavy atom. The summed E-state index contributed by atoms with van der Waals surface area (Å²) in [5.41, 5.74) is 6.39. The Morgan fingerprint density at radius 2 is 1.94 bits per heavy atom. The van der Waals surface area contributed by atoms with Crippen LogP contribution in [0.4, 0.5) is 0 Å². The van der Waals surface area contributed by atoms with Crippen molar-refractivity contribution in [2.75, 3.05) is 13.1 Å². The smallest absolute Gasteiger partial charge is 0.0334 e. The van der Waals surface area contributed by atoms with Crippen molar-refractivity contribution in [1.29, 1.82) is 0 Å². The quantitative estimate of drug-likeness (QED) is 0.689. The highest BCUT2D eigenvalue weighted by molar-refractivity contribution is 4.98. The number of rotatable bonds is 8. The second kappa shape index (κ2) is 6.02. The highest BCUT2D eigenvalue weighted by Gasteiger charge is 2.41. The Bertz CT molecular complexity index is 195. The maximum atomic E-state index is 6.12. The number of nitrogens with zero attached hydrogens (tertiary/aromatic N) is 1. The van der Waals surface area contributed by atoms with E-state index in [0.29, 0.717) is 0 Å². The van der Waals surface area contributed by atoms with Crippen LogP contribution in [0.25, 0.3) is 0 Å². The van der Waals surface area contributed by atoms with Crippen LogP contribution in [0.5, 0.6) is 0 Å². The SMILES string of the molecule is CCC(C)CC(CC)(CN)N(CC)C1CC1. The van der Waals surface area contributed by atoms with Gasteiger partial charge in [-0.25, -0.2) is 0 Å². The van der Waals surface area contributed by atoms with Crippen LogP contribution in [0.2, 0.25) is 0 Å². The molecular weight excluding hydrogens is 196 g/mol. The van der Waals surface area contributed by atoms with E-state index in [0.717, 1.165) is 25.0 Å². The third-order valence-electron chi connectivity index (χ3n) is 4.40. The fraction of sp³-hybridized carbons (Fsp3) is 1.00. The normalized spacial score (nSPS) is 22.1. The molecule has 2 heteroatoms. The first kappa shape index (κ1) is 14.0. The number of hydrogen-bond donors (Lipinski definition) is 1. The molecule has 0 aliphatic heterocycles. The van der Waals surface area contributed by atoms with Crippen LogP contribution in [-0.2, 0) is 0 Å². The van der Waals surface area contributed by atoms with Crippen LogP contribution in [0.3, 0.4) is 0 Å². The maximum absolute atomic E-state index is 6.12. The van der Waals surface area contributed by atoms with Crippen molar-refractivity contribution in [2.24, 2.45) is 11.7 Å². The summed E-state index contributed by atoms with van der Waals surface area (Å²) in [4.78, 5) is 2.69. The van der Waals surface area contributed by atoms with Crippen molar-refractivity contribution in [1.82, 2.24) is 4.90 Å². The van der Waals surface area contributed by atoms with Gasteiger partial charge < -0.3 is 5.73 Å². The molecule has 2 unspecified atom stereocenters. The minimum atomic E-state index is 0.269. The largest absolute Gasteiger partial charge is 0.329 e. The molecule has 1 aliphatic rings. The molecular formula is C14H30N2. The van der Waals surface area contributed by atoms with E-state index in [1.54, 1.807) is 0 Å². The molecule has 0 heterocycles. The van der Waals surface area contributed by atoms with E-state index in [4.69, 9.17) is 5.73 Å². The van der Waals surface area contributed by atoms with Crippen molar-refractivity contribution in [3.63, 3.8) is 0 Å². The Morgan fingerprint density at radius 3 is 2.25 bits per heavy atom. The molecule has 0 bridgehead atoms. The minimum Gasteiger partial charge on any atom is -0.329 e. The van der Waals surface area contributed by atoms with E-state index in [1.165, 1.54) is 32.1 Å². The Kier molecular flexibility index (Phi) is 5.26. The first-order valence-corrected chi connectivity index (χ1v) is 7.10. The van der Waals surface area contributed by atoms with Gasteiger partial charge in [0.1, 0.15) is 0 Å². The van der Waals surface area contributed by atoms with Crippen molar-refractivity contribution in [3.8, 4) is 0 Å². The molecule has 1 fully saturated rings. The topological polar surface area (TPSA) is 29.3 Å². The highest BCUT2D eigenvalue weighted by atomic mass is 15.3. The lowest BCUT2D eigenvalue weighted by Crippen LogP contribution is -2.55. The third kappa shape index (κ3) is 2.98. The monoisotopic (exact) mass is 226 g/mol. The summed E-state index contributed by atoms with van der Waals surface area (Å²) >= 11 is 0. The fourth-order valence-electron chi connectivity index (χ4n) is 2.97. The van der Waals surface area contributed by atoms with Gasteiger partial charge in [0.25, 0.3) is 0 Å². The zero-order valence-electron chi connectivity index (χ0n) is 11.6. The van der Waals surface area contributed by atoms with E-state index in [1.807, 2.05) is 0 Å². The zero-order valence-corrected chi connectivity index (χ0v) is 11.6. The molecule has 0 aromatic heterocycles. The molecule has 0 radical (unpaired) electrons. The van der Waals surface area contributed by atoms with Gasteiger partial charge in [0.05, 0.1) is 0 Å². The van der Waals surface area contributed by atoms with Gasteiger partial charge >= 0.3 is 0 Å². The standard InChI is InChI=1S/C14H30N2/c1-5-12(4)10-14(6-2,11-15)16(7-3)13-8-9-13/h12-13H,5-11,15H2,1-4H3. The summed E-state index contributed by atoms with van der Waals surface area (Å²) in [7, 11) is 0. The molecule has 96 valence electrons. The molecule has 1 saturated carbocycles. The number of nitrogens with two attached hydrogens (primary N) is 1. The van der Waals surface area contributed by atoms with Crippen LogP contribution in [0, 0.1) is 5.92 Å². The predicted molar refractivity (Wildman–Crippen MR) is 71.6 cm³/mol. The highest BCUT2D eigenvalue weighted by Crippen LogP contribution is 2.37. The molecule has 0 amide bonds. The van der Waals surface area contributed by atoms with Crippen LogP contribution in [0.1, 0.15) is 59.8 Å².